The molecule has 1 aromatic rings. The molecular formula is C12H14N2O6. The van der Waals surface area contributed by atoms with Gasteiger partial charge in [0.1, 0.15) is 12.2 Å². The van der Waals surface area contributed by atoms with Gasteiger partial charge in [0.2, 0.25) is 0 Å². The van der Waals surface area contributed by atoms with Crippen molar-refractivity contribution in [3.63, 3.8) is 0 Å². The molecule has 0 bridgehead atoms. The minimum Gasteiger partial charge on any atom is -0.394 e. The van der Waals surface area contributed by atoms with Gasteiger partial charge >= 0.3 is 5.69 Å². The van der Waals surface area contributed by atoms with Crippen molar-refractivity contribution in [1.82, 2.24) is 9.55 Å². The van der Waals surface area contributed by atoms with E-state index in [1.807, 2.05) is 10.9 Å². The first-order valence-corrected chi connectivity index (χ1v) is 5.82. The fourth-order valence-electron chi connectivity index (χ4n) is 2.24. The van der Waals surface area contributed by atoms with E-state index in [0.29, 0.717) is 0 Å². The molecule has 3 unspecified atom stereocenters. The number of nitrogens with one attached hydrogen (secondary N) is 1. The van der Waals surface area contributed by atoms with Gasteiger partial charge in [-0.25, -0.2) is 4.79 Å². The zero-order valence-electron chi connectivity index (χ0n) is 10.6. The van der Waals surface area contributed by atoms with Crippen LogP contribution >= 0.6 is 0 Å². The number of aliphatic hydroxyl groups excluding tert-OH is 2. The second kappa shape index (κ2) is 4.88. The van der Waals surface area contributed by atoms with E-state index in [1.54, 1.807) is 0 Å². The molecule has 1 fully saturated rings. The molecule has 20 heavy (non-hydrogen) atoms. The largest absolute Gasteiger partial charge is 0.394 e. The highest BCUT2D eigenvalue weighted by molar-refractivity contribution is 5.20. The summed E-state index contributed by atoms with van der Waals surface area (Å²) in [7, 11) is 0. The molecule has 8 nitrogen and oxygen atoms in total. The minimum absolute atomic E-state index is 0.197. The molecule has 0 radical (unpaired) electrons. The summed E-state index contributed by atoms with van der Waals surface area (Å²) < 4.78 is 6.20. The summed E-state index contributed by atoms with van der Waals surface area (Å²) in [6.45, 7) is 0.869. The number of rotatable bonds is 2. The van der Waals surface area contributed by atoms with E-state index in [4.69, 9.17) is 16.3 Å². The number of hydrogen-bond donors (Lipinski definition) is 4. The Morgan fingerprint density at radius 2 is 2.25 bits per heavy atom. The van der Waals surface area contributed by atoms with Gasteiger partial charge in [0.25, 0.3) is 5.56 Å². The van der Waals surface area contributed by atoms with Crippen LogP contribution in [0.2, 0.25) is 0 Å². The van der Waals surface area contributed by atoms with Crippen molar-refractivity contribution < 1.29 is 20.1 Å². The molecule has 8 heteroatoms. The number of aromatic amines is 1. The van der Waals surface area contributed by atoms with Crippen LogP contribution in [0.5, 0.6) is 0 Å². The Hall–Kier alpha value is -1.92. The highest BCUT2D eigenvalue weighted by Crippen LogP contribution is 2.37. The first-order valence-electron chi connectivity index (χ1n) is 5.82. The second-order valence-electron chi connectivity index (χ2n) is 4.57. The number of H-pyrrole nitrogens is 1. The Morgan fingerprint density at radius 3 is 2.75 bits per heavy atom. The Morgan fingerprint density at radius 1 is 1.60 bits per heavy atom. The topological polar surface area (TPSA) is 125 Å². The number of aromatic nitrogens is 2. The highest BCUT2D eigenvalue weighted by atomic mass is 16.6. The lowest BCUT2D eigenvalue weighted by atomic mass is 9.95. The van der Waals surface area contributed by atoms with E-state index in [-0.39, 0.29) is 5.69 Å². The third kappa shape index (κ3) is 1.97. The van der Waals surface area contributed by atoms with Crippen LogP contribution in [-0.2, 0) is 4.74 Å². The molecule has 1 aliphatic rings. The Balaban J connectivity index is 2.61. The van der Waals surface area contributed by atoms with Gasteiger partial charge in [-0.1, -0.05) is 5.92 Å². The molecular weight excluding hydrogens is 268 g/mol. The number of nitrogens with zero attached hydrogens (tertiary/aromatic N) is 1. The van der Waals surface area contributed by atoms with Gasteiger partial charge in [0.05, 0.1) is 6.61 Å². The Kier molecular flexibility index (Phi) is 3.54. The molecule has 1 saturated heterocycles. The Bertz CT molecular complexity index is 672. The van der Waals surface area contributed by atoms with Gasteiger partial charge in [-0.05, 0) is 6.92 Å². The molecule has 1 aliphatic heterocycles. The van der Waals surface area contributed by atoms with Gasteiger partial charge in [-0.3, -0.25) is 14.3 Å². The van der Waals surface area contributed by atoms with Crippen molar-refractivity contribution in [2.24, 2.45) is 0 Å². The predicted octanol–water partition coefficient (Wildman–Crippen LogP) is -2.54. The second-order valence-corrected chi connectivity index (χ2v) is 4.57. The van der Waals surface area contributed by atoms with Gasteiger partial charge in [0, 0.05) is 11.8 Å². The lowest BCUT2D eigenvalue weighted by Crippen LogP contribution is -2.48. The normalized spacial score (nSPS) is 33.0. The first kappa shape index (κ1) is 14.5. The van der Waals surface area contributed by atoms with Crippen LogP contribution in [0.25, 0.3) is 0 Å². The fourth-order valence-corrected chi connectivity index (χ4v) is 2.24. The molecule has 4 atom stereocenters. The lowest BCUT2D eigenvalue weighted by molar-refractivity contribution is -0.0774. The lowest BCUT2D eigenvalue weighted by Gasteiger charge is -2.27. The number of hydrogen-bond acceptors (Lipinski definition) is 6. The van der Waals surface area contributed by atoms with Crippen LogP contribution < -0.4 is 11.2 Å². The molecule has 0 saturated carbocycles. The third-order valence-electron chi connectivity index (χ3n) is 3.30. The van der Waals surface area contributed by atoms with E-state index in [1.165, 1.54) is 6.92 Å². The molecule has 2 heterocycles. The molecule has 108 valence electrons. The van der Waals surface area contributed by atoms with E-state index in [0.717, 1.165) is 10.6 Å². The van der Waals surface area contributed by atoms with Crippen LogP contribution in [0.15, 0.2) is 15.7 Å². The maximum absolute atomic E-state index is 11.9. The molecule has 0 aromatic carbocycles. The quantitative estimate of drug-likeness (QED) is 0.443. The molecule has 0 spiro atoms. The number of aliphatic hydroxyl groups is 3. The number of aryl methyl sites for hydroxylation is 1. The fraction of sp³-hybridized carbons (Fsp3) is 0.500. The molecule has 2 rings (SSSR count). The van der Waals surface area contributed by atoms with E-state index in [9.17, 15) is 19.8 Å². The summed E-state index contributed by atoms with van der Waals surface area (Å²) in [5.74, 6) is 1.99. The zero-order chi connectivity index (χ0) is 15.1. The molecule has 0 amide bonds. The summed E-state index contributed by atoms with van der Waals surface area (Å²) in [4.78, 5) is 25.1. The maximum atomic E-state index is 11.9. The van der Waals surface area contributed by atoms with Crippen molar-refractivity contribution in [2.45, 2.75) is 31.0 Å². The van der Waals surface area contributed by atoms with Crippen molar-refractivity contribution in [3.05, 3.63) is 32.6 Å². The van der Waals surface area contributed by atoms with Gasteiger partial charge in [-0.15, -0.1) is 6.42 Å². The SMILES string of the molecule is C#CC1(O)C(n2c(C)cc(=O)[nH]c2=O)OC(CO)[C@@H]1O. The van der Waals surface area contributed by atoms with Gasteiger partial charge < -0.3 is 20.1 Å². The smallest absolute Gasteiger partial charge is 0.330 e. The van der Waals surface area contributed by atoms with Crippen molar-refractivity contribution in [3.8, 4) is 12.3 Å². The Labute approximate surface area is 113 Å². The van der Waals surface area contributed by atoms with Crippen molar-refractivity contribution >= 4 is 0 Å². The zero-order valence-corrected chi connectivity index (χ0v) is 10.6. The first-order chi connectivity index (χ1) is 9.35. The monoisotopic (exact) mass is 282 g/mol. The number of ether oxygens (including phenoxy) is 1. The van der Waals surface area contributed by atoms with E-state index in [2.05, 4.69) is 0 Å². The standard InChI is InChI=1S/C12H14N2O6/c1-3-12(19)9(17)7(5-15)20-10(12)14-6(2)4-8(16)13-11(14)18/h1,4,7,9-10,15,17,19H,5H2,2H3,(H,13,16,18)/t7?,9-,10?,12?/m0/s1. The van der Waals surface area contributed by atoms with Crippen LogP contribution in [0.3, 0.4) is 0 Å². The van der Waals surface area contributed by atoms with E-state index >= 15 is 0 Å². The maximum Gasteiger partial charge on any atom is 0.330 e. The summed E-state index contributed by atoms with van der Waals surface area (Å²) in [5, 5.41) is 29.3. The average Bonchev–Trinajstić information content (AvgIpc) is 2.63. The van der Waals surface area contributed by atoms with Crippen LogP contribution in [-0.4, -0.2) is 49.3 Å². The summed E-state index contributed by atoms with van der Waals surface area (Å²) in [6, 6.07) is 1.13. The van der Waals surface area contributed by atoms with Crippen molar-refractivity contribution in [2.75, 3.05) is 6.61 Å². The molecule has 0 aliphatic carbocycles. The third-order valence-corrected chi connectivity index (χ3v) is 3.30. The summed E-state index contributed by atoms with van der Waals surface area (Å²) in [5.41, 5.74) is -3.44. The van der Waals surface area contributed by atoms with Gasteiger partial charge in [-0.2, -0.15) is 0 Å². The summed E-state index contributed by atoms with van der Waals surface area (Å²) >= 11 is 0. The van der Waals surface area contributed by atoms with Crippen LogP contribution in [0.4, 0.5) is 0 Å². The average molecular weight is 282 g/mol. The van der Waals surface area contributed by atoms with Crippen molar-refractivity contribution in [1.29, 1.82) is 0 Å². The predicted molar refractivity (Wildman–Crippen MR) is 66.8 cm³/mol. The highest BCUT2D eigenvalue weighted by Gasteiger charge is 2.55. The number of terminal acetylenes is 1. The van der Waals surface area contributed by atoms with Crippen LogP contribution in [0, 0.1) is 19.3 Å². The van der Waals surface area contributed by atoms with Gasteiger partial charge in [0.15, 0.2) is 11.8 Å². The van der Waals surface area contributed by atoms with Crippen LogP contribution in [0.1, 0.15) is 11.9 Å². The minimum atomic E-state index is -2.19. The molecule has 4 N–H and O–H groups in total. The van der Waals surface area contributed by atoms with E-state index < -0.39 is 41.9 Å². The summed E-state index contributed by atoms with van der Waals surface area (Å²) in [6.07, 6.45) is 1.10. The molecule has 1 aromatic heterocycles.